The molecule has 0 unspecified atom stereocenters. The first kappa shape index (κ1) is 43.4. The third-order valence-corrected chi connectivity index (χ3v) is 14.1. The molecule has 2 aliphatic heterocycles. The highest BCUT2D eigenvalue weighted by atomic mass is 35.5. The number of anilines is 1. The van der Waals surface area contributed by atoms with Crippen LogP contribution in [0, 0.1) is 0 Å². The summed E-state index contributed by atoms with van der Waals surface area (Å²) in [5.74, 6) is -0.638. The van der Waals surface area contributed by atoms with Crippen molar-refractivity contribution in [3.8, 4) is 0 Å². The summed E-state index contributed by atoms with van der Waals surface area (Å²) in [6, 6.07) is 4.40. The van der Waals surface area contributed by atoms with E-state index in [1.165, 1.54) is 0 Å². The van der Waals surface area contributed by atoms with Gasteiger partial charge in [-0.3, -0.25) is 9.46 Å². The Morgan fingerprint density at radius 1 is 1.11 bits per heavy atom. The lowest BCUT2D eigenvalue weighted by molar-refractivity contribution is -0.199. The summed E-state index contributed by atoms with van der Waals surface area (Å²) in [4.78, 5) is 19.9. The van der Waals surface area contributed by atoms with E-state index < -0.39 is 69.5 Å². The van der Waals surface area contributed by atoms with E-state index in [9.17, 15) is 14.5 Å². The highest BCUT2D eigenvalue weighted by Crippen LogP contribution is 2.61. The summed E-state index contributed by atoms with van der Waals surface area (Å²) in [5, 5.41) is 13.5. The number of rotatable bonds is 17. The van der Waals surface area contributed by atoms with Gasteiger partial charge in [0.05, 0.1) is 38.7 Å². The number of carbonyl (C=O) groups excluding carboxylic acids is 1. The molecule has 2 aromatic rings. The molecule has 0 bridgehead atoms. The van der Waals surface area contributed by atoms with Crippen LogP contribution >= 0.6 is 19.2 Å². The zero-order valence-corrected chi connectivity index (χ0v) is 36.1. The molecule has 54 heavy (non-hydrogen) atoms. The number of fused-ring (bicyclic) bond motifs is 2. The molecule has 18 heteroatoms. The Morgan fingerprint density at radius 3 is 2.35 bits per heavy atom. The number of aliphatic hydroxyl groups is 1. The zero-order chi connectivity index (χ0) is 39.7. The van der Waals surface area contributed by atoms with Crippen molar-refractivity contribution in [3.63, 3.8) is 0 Å². The van der Waals surface area contributed by atoms with E-state index in [-0.39, 0.29) is 37.8 Å². The van der Waals surface area contributed by atoms with E-state index in [2.05, 4.69) is 29.7 Å². The molecule has 0 aromatic carbocycles. The van der Waals surface area contributed by atoms with Gasteiger partial charge < -0.3 is 42.6 Å². The van der Waals surface area contributed by atoms with Crippen molar-refractivity contribution in [1.82, 2.24) is 14.6 Å². The van der Waals surface area contributed by atoms with Gasteiger partial charge in [-0.2, -0.15) is 4.98 Å². The first-order valence-corrected chi connectivity index (χ1v) is 24.7. The first-order chi connectivity index (χ1) is 25.3. The van der Waals surface area contributed by atoms with Crippen LogP contribution in [-0.4, -0.2) is 115 Å². The van der Waals surface area contributed by atoms with Gasteiger partial charge in [0.2, 0.25) is 10.6 Å². The highest BCUT2D eigenvalue weighted by Gasteiger charge is 2.59. The van der Waals surface area contributed by atoms with Crippen molar-refractivity contribution >= 4 is 44.7 Å². The van der Waals surface area contributed by atoms with Crippen molar-refractivity contribution in [1.29, 1.82) is 0 Å². The quantitative estimate of drug-likeness (QED) is 0.0959. The Hall–Kier alpha value is -1.69. The fourth-order valence-electron chi connectivity index (χ4n) is 7.14. The van der Waals surface area contributed by atoms with Crippen LogP contribution in [0.15, 0.2) is 12.1 Å². The normalized spacial score (nSPS) is 24.6. The lowest BCUT2D eigenvalue weighted by atomic mass is 10.1. The molecule has 2 saturated heterocycles. The van der Waals surface area contributed by atoms with Gasteiger partial charge in [0.1, 0.15) is 35.5 Å². The predicted molar refractivity (Wildman–Crippen MR) is 206 cm³/mol. The molecule has 5 rings (SSSR count). The number of hydrogen-bond donors (Lipinski definition) is 1. The van der Waals surface area contributed by atoms with Gasteiger partial charge in [-0.25, -0.2) is 9.31 Å². The Bertz CT molecular complexity index is 1640. The van der Waals surface area contributed by atoms with Crippen molar-refractivity contribution in [2.45, 2.75) is 147 Å². The number of nitrogens with zero attached hydrogens (tertiary/aromatic N) is 4. The van der Waals surface area contributed by atoms with Crippen LogP contribution in [0.2, 0.25) is 31.0 Å². The molecule has 4 heterocycles. The Morgan fingerprint density at radius 2 is 1.76 bits per heavy atom. The van der Waals surface area contributed by atoms with Gasteiger partial charge in [0.25, 0.3) is 0 Å². The number of carbonyl (C=O) groups is 1. The summed E-state index contributed by atoms with van der Waals surface area (Å²) >= 11 is 6.60. The van der Waals surface area contributed by atoms with Crippen molar-refractivity contribution < 1.29 is 51.9 Å². The van der Waals surface area contributed by atoms with Crippen LogP contribution in [-0.2, 0) is 42.0 Å². The minimum Gasteiger partial charge on any atom is -0.443 e. The SMILES string of the molecule is CCOP(=O)(OCC)[C@](CO)(COCC[Si](C)(C)C)OC[C@H]1O[C@H](c2ccc3c(N(C(=O)OC(C)(C)C)C4CCCC4)nc(Cl)nn23)[C@@H]2OC(C)(C)O[C@@H]21. The second-order valence-corrected chi connectivity index (χ2v) is 25.1. The third-order valence-electron chi connectivity index (χ3n) is 9.63. The molecular formula is C36H60ClN4O11PSi. The lowest BCUT2D eigenvalue weighted by Crippen LogP contribution is -2.46. The maximum Gasteiger partial charge on any atom is 0.416 e. The monoisotopic (exact) mass is 818 g/mol. The van der Waals surface area contributed by atoms with Crippen LogP contribution in [0.5, 0.6) is 0 Å². The summed E-state index contributed by atoms with van der Waals surface area (Å²) < 4.78 is 65.3. The van der Waals surface area contributed by atoms with E-state index in [0.717, 1.165) is 31.7 Å². The summed E-state index contributed by atoms with van der Waals surface area (Å²) in [5.41, 5.74) is 0.397. The molecule has 0 radical (unpaired) electrons. The van der Waals surface area contributed by atoms with E-state index in [4.69, 9.17) is 49.1 Å². The number of halogens is 1. The molecule has 5 atom stereocenters. The van der Waals surface area contributed by atoms with Crippen LogP contribution in [0.25, 0.3) is 5.52 Å². The van der Waals surface area contributed by atoms with Crippen LogP contribution in [0.1, 0.15) is 85.9 Å². The van der Waals surface area contributed by atoms with Crippen molar-refractivity contribution in [2.24, 2.45) is 0 Å². The Kier molecular flexibility index (Phi) is 13.7. The number of aromatic nitrogens is 3. The average molecular weight is 819 g/mol. The molecule has 2 aromatic heterocycles. The van der Waals surface area contributed by atoms with Gasteiger partial charge >= 0.3 is 13.7 Å². The largest absolute Gasteiger partial charge is 0.443 e. The Labute approximate surface area is 325 Å². The van der Waals surface area contributed by atoms with E-state index in [1.807, 2.05) is 46.8 Å². The molecule has 306 valence electrons. The minimum atomic E-state index is -4.09. The molecule has 3 fully saturated rings. The molecule has 1 aliphatic carbocycles. The molecule has 15 nitrogen and oxygen atoms in total. The van der Waals surface area contributed by atoms with Gasteiger partial charge in [-0.1, -0.05) is 32.5 Å². The summed E-state index contributed by atoms with van der Waals surface area (Å²) in [6.07, 6.45) is 0.300. The van der Waals surface area contributed by atoms with Gasteiger partial charge in [-0.05, 0) is 91.1 Å². The van der Waals surface area contributed by atoms with E-state index in [1.54, 1.807) is 23.3 Å². The molecule has 3 aliphatic rings. The lowest BCUT2D eigenvalue weighted by Gasteiger charge is -2.38. The second kappa shape index (κ2) is 17.0. The fourth-order valence-corrected chi connectivity index (χ4v) is 9.93. The van der Waals surface area contributed by atoms with Crippen molar-refractivity contribution in [3.05, 3.63) is 23.1 Å². The van der Waals surface area contributed by atoms with E-state index >= 15 is 0 Å². The summed E-state index contributed by atoms with van der Waals surface area (Å²) in [7, 11) is -5.54. The molecule has 1 amide bonds. The molecule has 1 N–H and O–H groups in total. The fraction of sp³-hybridized carbons (Fsp3) is 0.806. The van der Waals surface area contributed by atoms with Crippen LogP contribution in [0.3, 0.4) is 0 Å². The number of amides is 1. The van der Waals surface area contributed by atoms with Crippen LogP contribution < -0.4 is 4.90 Å². The molecule has 0 spiro atoms. The van der Waals surface area contributed by atoms with E-state index in [0.29, 0.717) is 23.6 Å². The number of ether oxygens (including phenoxy) is 6. The summed E-state index contributed by atoms with van der Waals surface area (Å²) in [6.45, 7) is 18.6. The standard InChI is InChI=1S/C36H60ClN4O11PSi/c1-11-47-53(44,48-12-2)36(22-42,23-45-19-20-54(8,9)10)46-21-27-29-30(51-35(6,7)50-29)28(49-27)25-17-18-26-31(38-32(37)39-41(25)26)40(24-15-13-14-16-24)33(43)52-34(3,4)5/h17-18,24,27-30,42H,11-16,19-23H2,1-10H3/t27-,28-,29-,30+,36-/m1/s1. The number of hydrogen-bond acceptors (Lipinski definition) is 13. The van der Waals surface area contributed by atoms with Crippen LogP contribution in [0.4, 0.5) is 10.6 Å². The van der Waals surface area contributed by atoms with Crippen molar-refractivity contribution in [2.75, 3.05) is 44.5 Å². The molecular weight excluding hydrogens is 759 g/mol. The predicted octanol–water partition coefficient (Wildman–Crippen LogP) is 7.35. The maximum absolute atomic E-state index is 14.4. The Balaban J connectivity index is 1.48. The minimum absolute atomic E-state index is 0.0644. The van der Waals surface area contributed by atoms with Gasteiger partial charge in [-0.15, -0.1) is 5.10 Å². The highest BCUT2D eigenvalue weighted by molar-refractivity contribution is 7.55. The van der Waals surface area contributed by atoms with Gasteiger partial charge in [0, 0.05) is 20.7 Å². The third kappa shape index (κ3) is 9.70. The maximum atomic E-state index is 14.4. The smallest absolute Gasteiger partial charge is 0.416 e. The first-order valence-electron chi connectivity index (χ1n) is 19.1. The number of aliphatic hydroxyl groups excluding tert-OH is 1. The van der Waals surface area contributed by atoms with Gasteiger partial charge in [0.15, 0.2) is 11.6 Å². The zero-order valence-electron chi connectivity index (χ0n) is 33.5. The molecule has 1 saturated carbocycles. The topological polar surface area (TPSA) is 162 Å². The average Bonchev–Trinajstić information content (AvgIpc) is 3.85. The second-order valence-electron chi connectivity index (χ2n) is 16.8.